The predicted molar refractivity (Wildman–Crippen MR) is 102 cm³/mol. The predicted octanol–water partition coefficient (Wildman–Crippen LogP) is 0.349. The molecule has 154 valence electrons. The third-order valence-electron chi connectivity index (χ3n) is 4.80. The zero-order valence-electron chi connectivity index (χ0n) is 15.8. The summed E-state index contributed by atoms with van der Waals surface area (Å²) in [5.74, 6) is -0.456. The number of amides is 2. The molecule has 0 aromatic heterocycles. The van der Waals surface area contributed by atoms with E-state index in [4.69, 9.17) is 9.47 Å². The maximum Gasteiger partial charge on any atom is 0.240 e. The van der Waals surface area contributed by atoms with Crippen molar-refractivity contribution in [2.24, 2.45) is 0 Å². The first-order chi connectivity index (χ1) is 13.4. The van der Waals surface area contributed by atoms with Gasteiger partial charge in [-0.25, -0.2) is 18.0 Å². The molecule has 28 heavy (non-hydrogen) atoms. The van der Waals surface area contributed by atoms with Gasteiger partial charge in [-0.1, -0.05) is 0 Å². The Morgan fingerprint density at radius 3 is 2.46 bits per heavy atom. The molecule has 1 N–H and O–H groups in total. The van der Waals surface area contributed by atoms with Gasteiger partial charge in [-0.3, -0.25) is 14.5 Å². The van der Waals surface area contributed by atoms with Gasteiger partial charge >= 0.3 is 0 Å². The molecule has 0 spiro atoms. The monoisotopic (exact) mass is 411 g/mol. The molecule has 0 unspecified atom stereocenters. The van der Waals surface area contributed by atoms with Crippen molar-refractivity contribution >= 4 is 27.5 Å². The fourth-order valence-corrected chi connectivity index (χ4v) is 4.37. The number of nitrogens with zero attached hydrogens (tertiary/aromatic N) is 2. The third kappa shape index (κ3) is 4.69. The number of anilines is 1. The Morgan fingerprint density at radius 1 is 1.14 bits per heavy atom. The smallest absolute Gasteiger partial charge is 0.240 e. The number of sulfonamides is 1. The van der Waals surface area contributed by atoms with Gasteiger partial charge in [-0.05, 0) is 31.2 Å². The Balaban J connectivity index is 1.68. The quantitative estimate of drug-likeness (QED) is 0.486. The van der Waals surface area contributed by atoms with Gasteiger partial charge in [-0.15, -0.1) is 0 Å². The van der Waals surface area contributed by atoms with E-state index >= 15 is 0 Å². The van der Waals surface area contributed by atoms with Crippen LogP contribution in [0.5, 0.6) is 5.75 Å². The lowest BCUT2D eigenvalue weighted by molar-refractivity contribution is -0.121. The molecule has 3 rings (SSSR count). The normalized spacial score (nSPS) is 18.7. The van der Waals surface area contributed by atoms with Gasteiger partial charge in [0.1, 0.15) is 5.75 Å². The Labute approximate surface area is 164 Å². The number of hydrogen-bond acceptors (Lipinski definition) is 7. The molecule has 2 aliphatic rings. The zero-order chi connectivity index (χ0) is 20.1. The third-order valence-corrected chi connectivity index (χ3v) is 6.26. The average molecular weight is 411 g/mol. The largest absolute Gasteiger partial charge is 0.495 e. The lowest BCUT2D eigenvalue weighted by Crippen LogP contribution is -2.38. The van der Waals surface area contributed by atoms with Gasteiger partial charge in [-0.2, -0.15) is 0 Å². The van der Waals surface area contributed by atoms with Gasteiger partial charge < -0.3 is 9.47 Å². The molecule has 9 nitrogen and oxygen atoms in total. The molecule has 0 bridgehead atoms. The molecule has 1 aromatic carbocycles. The van der Waals surface area contributed by atoms with Crippen LogP contribution < -0.4 is 14.4 Å². The van der Waals surface area contributed by atoms with E-state index in [9.17, 15) is 18.0 Å². The Hall–Kier alpha value is -2.01. The van der Waals surface area contributed by atoms with Gasteiger partial charge in [0.25, 0.3) is 0 Å². The van der Waals surface area contributed by atoms with Crippen LogP contribution in [0.25, 0.3) is 0 Å². The molecule has 2 heterocycles. The topological polar surface area (TPSA) is 105 Å². The molecular weight excluding hydrogens is 386 g/mol. The van der Waals surface area contributed by atoms with Crippen LogP contribution in [0.1, 0.15) is 19.3 Å². The van der Waals surface area contributed by atoms with E-state index < -0.39 is 10.0 Å². The number of hydrogen-bond donors (Lipinski definition) is 1. The second kappa shape index (κ2) is 8.99. The minimum atomic E-state index is -3.77. The van der Waals surface area contributed by atoms with Gasteiger partial charge in [0.15, 0.2) is 0 Å². The Morgan fingerprint density at radius 2 is 1.82 bits per heavy atom. The van der Waals surface area contributed by atoms with Crippen LogP contribution in [-0.4, -0.2) is 71.6 Å². The number of rotatable bonds is 8. The maximum atomic E-state index is 12.6. The highest BCUT2D eigenvalue weighted by Gasteiger charge is 2.33. The zero-order valence-corrected chi connectivity index (χ0v) is 16.7. The molecule has 0 atom stereocenters. The van der Waals surface area contributed by atoms with Crippen molar-refractivity contribution in [1.29, 1.82) is 0 Å². The second-order valence-electron chi connectivity index (χ2n) is 6.66. The summed E-state index contributed by atoms with van der Waals surface area (Å²) in [4.78, 5) is 27.3. The number of imide groups is 1. The van der Waals surface area contributed by atoms with Crippen molar-refractivity contribution < 1.29 is 27.5 Å². The minimum Gasteiger partial charge on any atom is -0.495 e. The summed E-state index contributed by atoms with van der Waals surface area (Å²) >= 11 is 0. The maximum absolute atomic E-state index is 12.6. The van der Waals surface area contributed by atoms with Crippen molar-refractivity contribution in [3.05, 3.63) is 18.2 Å². The molecule has 0 aliphatic carbocycles. The molecular formula is C18H25N3O6S. The van der Waals surface area contributed by atoms with Gasteiger partial charge in [0.05, 0.1) is 30.9 Å². The highest BCUT2D eigenvalue weighted by atomic mass is 32.2. The van der Waals surface area contributed by atoms with Crippen molar-refractivity contribution in [2.75, 3.05) is 51.4 Å². The van der Waals surface area contributed by atoms with Crippen LogP contribution in [0.2, 0.25) is 0 Å². The number of nitrogens with one attached hydrogen (secondary N) is 1. The highest BCUT2D eigenvalue weighted by molar-refractivity contribution is 7.89. The van der Waals surface area contributed by atoms with E-state index in [0.717, 1.165) is 24.5 Å². The van der Waals surface area contributed by atoms with Crippen LogP contribution in [0.15, 0.2) is 23.1 Å². The van der Waals surface area contributed by atoms with E-state index in [-0.39, 0.29) is 41.0 Å². The van der Waals surface area contributed by atoms with E-state index in [1.54, 1.807) is 0 Å². The number of benzene rings is 1. The molecule has 2 saturated heterocycles. The molecule has 0 radical (unpaired) electrons. The molecule has 2 aliphatic heterocycles. The number of ether oxygens (including phenoxy) is 2. The number of carbonyl (C=O) groups is 2. The Kier molecular flexibility index (Phi) is 6.65. The molecule has 10 heteroatoms. The Bertz CT molecular complexity index is 820. The molecule has 2 fully saturated rings. The van der Waals surface area contributed by atoms with E-state index in [2.05, 4.69) is 9.62 Å². The standard InChI is InChI=1S/C18H25N3O6S/c1-26-16-4-3-14(13-15(16)21-17(22)5-6-18(21)23)28(24,25)19-7-2-8-20-9-11-27-12-10-20/h3-4,13,19H,2,5-12H2,1H3. The summed E-state index contributed by atoms with van der Waals surface area (Å²) < 4.78 is 38.4. The first-order valence-corrected chi connectivity index (χ1v) is 10.7. The van der Waals surface area contributed by atoms with E-state index in [1.807, 2.05) is 0 Å². The summed E-state index contributed by atoms with van der Waals surface area (Å²) in [5.41, 5.74) is 0.159. The first-order valence-electron chi connectivity index (χ1n) is 9.26. The summed E-state index contributed by atoms with van der Waals surface area (Å²) in [6.45, 7) is 4.20. The van der Waals surface area contributed by atoms with Gasteiger partial charge in [0, 0.05) is 32.5 Å². The molecule has 2 amide bonds. The second-order valence-corrected chi connectivity index (χ2v) is 8.43. The fraction of sp³-hybridized carbons (Fsp3) is 0.556. The lowest BCUT2D eigenvalue weighted by atomic mass is 10.2. The molecule has 0 saturated carbocycles. The molecule has 1 aromatic rings. The van der Waals surface area contributed by atoms with Gasteiger partial charge in [0.2, 0.25) is 21.8 Å². The van der Waals surface area contributed by atoms with Crippen LogP contribution in [0, 0.1) is 0 Å². The SMILES string of the molecule is COc1ccc(S(=O)(=O)NCCCN2CCOCC2)cc1N1C(=O)CCC1=O. The minimum absolute atomic E-state index is 0.0119. The van der Waals surface area contributed by atoms with Crippen molar-refractivity contribution in [2.45, 2.75) is 24.2 Å². The number of methoxy groups -OCH3 is 1. The van der Waals surface area contributed by atoms with E-state index in [1.165, 1.54) is 25.3 Å². The first kappa shape index (κ1) is 20.7. The number of carbonyl (C=O) groups excluding carboxylic acids is 2. The number of morpholine rings is 1. The fourth-order valence-electron chi connectivity index (χ4n) is 3.27. The van der Waals surface area contributed by atoms with E-state index in [0.29, 0.717) is 26.2 Å². The summed E-state index contributed by atoms with van der Waals surface area (Å²) in [6, 6.07) is 4.17. The average Bonchev–Trinajstić information content (AvgIpc) is 3.03. The summed E-state index contributed by atoms with van der Waals surface area (Å²) in [7, 11) is -2.37. The summed E-state index contributed by atoms with van der Waals surface area (Å²) in [5, 5.41) is 0. The van der Waals surface area contributed by atoms with Crippen molar-refractivity contribution in [1.82, 2.24) is 9.62 Å². The van der Waals surface area contributed by atoms with Crippen LogP contribution in [-0.2, 0) is 24.3 Å². The summed E-state index contributed by atoms with van der Waals surface area (Å²) in [6.07, 6.45) is 0.892. The lowest BCUT2D eigenvalue weighted by Gasteiger charge is -2.26. The van der Waals surface area contributed by atoms with Crippen molar-refractivity contribution in [3.8, 4) is 5.75 Å². The van der Waals surface area contributed by atoms with Crippen LogP contribution in [0.4, 0.5) is 5.69 Å². The van der Waals surface area contributed by atoms with Crippen molar-refractivity contribution in [3.63, 3.8) is 0 Å². The van der Waals surface area contributed by atoms with Crippen LogP contribution >= 0.6 is 0 Å². The highest BCUT2D eigenvalue weighted by Crippen LogP contribution is 2.34. The van der Waals surface area contributed by atoms with Crippen LogP contribution in [0.3, 0.4) is 0 Å².